The second-order valence-corrected chi connectivity index (χ2v) is 5.86. The van der Waals surface area contributed by atoms with Gasteiger partial charge >= 0.3 is 6.09 Å². The third kappa shape index (κ3) is 2.39. The number of rotatable bonds is 1. The molecule has 0 bridgehead atoms. The zero-order valence-corrected chi connectivity index (χ0v) is 13.2. The van der Waals surface area contributed by atoms with Gasteiger partial charge in [-0.1, -0.05) is 42.0 Å². The summed E-state index contributed by atoms with van der Waals surface area (Å²) in [6.45, 7) is 2.27. The van der Waals surface area contributed by atoms with Gasteiger partial charge in [0.1, 0.15) is 4.99 Å². The van der Waals surface area contributed by atoms with E-state index in [0.29, 0.717) is 17.1 Å². The molecule has 2 amide bonds. The zero-order chi connectivity index (χ0) is 15.9. The van der Waals surface area contributed by atoms with Crippen molar-refractivity contribution in [1.82, 2.24) is 10.2 Å². The summed E-state index contributed by atoms with van der Waals surface area (Å²) in [6.07, 6.45) is -0.173. The van der Waals surface area contributed by atoms with Crippen LogP contribution in [0.1, 0.15) is 23.5 Å². The molecule has 6 heteroatoms. The van der Waals surface area contributed by atoms with E-state index in [2.05, 4.69) is 5.32 Å². The summed E-state index contributed by atoms with van der Waals surface area (Å²) in [5.41, 5.74) is 3.74. The molecule has 0 saturated heterocycles. The standard InChI is InChI=1S/C16H16N2O3S/c1-9-3-5-10(6-4-9)11-7-13(19)17-12-8-18(16(20)21-2)15(22)14(11)12/h3-6,11H,7-8H2,1-2H3,(H,17,19). The fourth-order valence-electron chi connectivity index (χ4n) is 2.90. The summed E-state index contributed by atoms with van der Waals surface area (Å²) in [4.78, 5) is 25.6. The first-order valence-electron chi connectivity index (χ1n) is 7.00. The highest BCUT2D eigenvalue weighted by Gasteiger charge is 2.40. The van der Waals surface area contributed by atoms with Crippen LogP contribution in [0.5, 0.6) is 0 Å². The van der Waals surface area contributed by atoms with Gasteiger partial charge in [-0.15, -0.1) is 0 Å². The van der Waals surface area contributed by atoms with Gasteiger partial charge < -0.3 is 10.1 Å². The Morgan fingerprint density at radius 3 is 2.68 bits per heavy atom. The van der Waals surface area contributed by atoms with Gasteiger partial charge in [0, 0.05) is 23.6 Å². The van der Waals surface area contributed by atoms with Gasteiger partial charge in [-0.05, 0) is 12.5 Å². The van der Waals surface area contributed by atoms with E-state index in [-0.39, 0.29) is 18.4 Å². The molecule has 5 nitrogen and oxygen atoms in total. The number of hydrogen-bond acceptors (Lipinski definition) is 4. The monoisotopic (exact) mass is 316 g/mol. The summed E-state index contributed by atoms with van der Waals surface area (Å²) in [5.74, 6) is -0.176. The quantitative estimate of drug-likeness (QED) is 0.808. The lowest BCUT2D eigenvalue weighted by Gasteiger charge is -2.24. The molecule has 2 aliphatic heterocycles. The average molecular weight is 316 g/mol. The van der Waals surface area contributed by atoms with E-state index in [1.807, 2.05) is 31.2 Å². The highest BCUT2D eigenvalue weighted by Crippen LogP contribution is 2.38. The van der Waals surface area contributed by atoms with Gasteiger partial charge in [0.2, 0.25) is 5.91 Å². The number of amides is 2. The van der Waals surface area contributed by atoms with Gasteiger partial charge in [-0.3, -0.25) is 9.69 Å². The van der Waals surface area contributed by atoms with Crippen molar-refractivity contribution in [3.63, 3.8) is 0 Å². The van der Waals surface area contributed by atoms with Gasteiger partial charge in [0.25, 0.3) is 0 Å². The van der Waals surface area contributed by atoms with E-state index in [1.165, 1.54) is 12.0 Å². The fraction of sp³-hybridized carbons (Fsp3) is 0.312. The number of carbonyl (C=O) groups excluding carboxylic acids is 2. The van der Waals surface area contributed by atoms with Crippen LogP contribution in [0.25, 0.3) is 0 Å². The van der Waals surface area contributed by atoms with Crippen LogP contribution in [-0.2, 0) is 9.53 Å². The summed E-state index contributed by atoms with van der Waals surface area (Å²) >= 11 is 5.44. The minimum Gasteiger partial charge on any atom is -0.452 e. The SMILES string of the molecule is COC(=O)N1CC2=C(C1=S)C(c1ccc(C)cc1)CC(=O)N2. The summed E-state index contributed by atoms with van der Waals surface area (Å²) < 4.78 is 4.75. The maximum absolute atomic E-state index is 12.0. The molecule has 0 fully saturated rings. The summed E-state index contributed by atoms with van der Waals surface area (Å²) in [5, 5.41) is 2.83. The number of ether oxygens (including phenoxy) is 1. The molecule has 1 aromatic carbocycles. The summed E-state index contributed by atoms with van der Waals surface area (Å²) in [6, 6.07) is 8.04. The van der Waals surface area contributed by atoms with Crippen molar-refractivity contribution in [3.05, 3.63) is 46.7 Å². The highest BCUT2D eigenvalue weighted by molar-refractivity contribution is 7.80. The van der Waals surface area contributed by atoms with Crippen LogP contribution in [0.4, 0.5) is 4.79 Å². The Labute approximate surface area is 133 Å². The second kappa shape index (κ2) is 5.53. The maximum Gasteiger partial charge on any atom is 0.415 e. The Hall–Kier alpha value is -2.21. The minimum absolute atomic E-state index is 0.0566. The number of methoxy groups -OCH3 is 1. The van der Waals surface area contributed by atoms with Crippen molar-refractivity contribution < 1.29 is 14.3 Å². The van der Waals surface area contributed by atoms with E-state index in [1.54, 1.807) is 0 Å². The van der Waals surface area contributed by atoms with E-state index in [4.69, 9.17) is 17.0 Å². The van der Waals surface area contributed by atoms with Crippen LogP contribution in [0.15, 0.2) is 35.5 Å². The van der Waals surface area contributed by atoms with E-state index < -0.39 is 6.09 Å². The normalized spacial score (nSPS) is 20.8. The molecule has 1 N–H and O–H groups in total. The molecule has 0 aliphatic carbocycles. The van der Waals surface area contributed by atoms with Gasteiger partial charge in [0.05, 0.1) is 13.7 Å². The molecule has 0 radical (unpaired) electrons. The molecule has 3 rings (SSSR count). The Morgan fingerprint density at radius 1 is 1.36 bits per heavy atom. The molecule has 114 valence electrons. The fourth-order valence-corrected chi connectivity index (χ4v) is 3.31. The van der Waals surface area contributed by atoms with E-state index in [9.17, 15) is 9.59 Å². The molecule has 1 atom stereocenters. The second-order valence-electron chi connectivity index (χ2n) is 5.47. The smallest absolute Gasteiger partial charge is 0.415 e. The first-order chi connectivity index (χ1) is 10.5. The maximum atomic E-state index is 12.0. The first-order valence-corrected chi connectivity index (χ1v) is 7.41. The highest BCUT2D eigenvalue weighted by atomic mass is 32.1. The number of carbonyl (C=O) groups is 2. The van der Waals surface area contributed by atoms with Gasteiger partial charge in [-0.25, -0.2) is 4.79 Å². The molecule has 1 unspecified atom stereocenters. The average Bonchev–Trinajstić information content (AvgIpc) is 2.83. The van der Waals surface area contributed by atoms with Crippen LogP contribution in [-0.4, -0.2) is 35.5 Å². The van der Waals surface area contributed by atoms with Gasteiger partial charge in [0.15, 0.2) is 0 Å². The van der Waals surface area contributed by atoms with Crippen LogP contribution < -0.4 is 5.32 Å². The number of aryl methyl sites for hydroxylation is 1. The minimum atomic E-state index is -0.503. The predicted octanol–water partition coefficient (Wildman–Crippen LogP) is 2.26. The molecule has 0 saturated carbocycles. The molecule has 2 heterocycles. The van der Waals surface area contributed by atoms with Crippen LogP contribution in [0.2, 0.25) is 0 Å². The Kier molecular flexibility index (Phi) is 3.70. The number of nitrogens with one attached hydrogen (secondary N) is 1. The molecule has 2 aliphatic rings. The summed E-state index contributed by atoms with van der Waals surface area (Å²) in [7, 11) is 1.32. The van der Waals surface area contributed by atoms with E-state index in [0.717, 1.165) is 16.7 Å². The van der Waals surface area contributed by atoms with Crippen molar-refractivity contribution >= 4 is 29.2 Å². The molecular formula is C16H16N2O3S. The van der Waals surface area contributed by atoms with Crippen LogP contribution >= 0.6 is 12.2 Å². The lowest BCUT2D eigenvalue weighted by molar-refractivity contribution is -0.121. The van der Waals surface area contributed by atoms with Crippen LogP contribution in [0, 0.1) is 6.92 Å². The van der Waals surface area contributed by atoms with Crippen molar-refractivity contribution in [1.29, 1.82) is 0 Å². The van der Waals surface area contributed by atoms with Crippen LogP contribution in [0.3, 0.4) is 0 Å². The molecule has 0 spiro atoms. The Bertz CT molecular complexity index is 694. The van der Waals surface area contributed by atoms with Crippen molar-refractivity contribution in [3.8, 4) is 0 Å². The third-order valence-electron chi connectivity index (χ3n) is 4.02. The Balaban J connectivity index is 1.99. The largest absolute Gasteiger partial charge is 0.452 e. The van der Waals surface area contributed by atoms with Crippen molar-refractivity contribution in [2.24, 2.45) is 0 Å². The first kappa shape index (κ1) is 14.7. The topological polar surface area (TPSA) is 58.6 Å². The number of hydrogen-bond donors (Lipinski definition) is 1. The molecular weight excluding hydrogens is 300 g/mol. The lowest BCUT2D eigenvalue weighted by Crippen LogP contribution is -2.33. The molecule has 0 aromatic heterocycles. The number of nitrogens with zero attached hydrogens (tertiary/aromatic N) is 1. The Morgan fingerprint density at radius 2 is 2.05 bits per heavy atom. The number of benzene rings is 1. The van der Waals surface area contributed by atoms with Gasteiger partial charge in [-0.2, -0.15) is 0 Å². The van der Waals surface area contributed by atoms with E-state index >= 15 is 0 Å². The molecule has 1 aromatic rings. The van der Waals surface area contributed by atoms with Crippen molar-refractivity contribution in [2.45, 2.75) is 19.3 Å². The van der Waals surface area contributed by atoms with Crippen molar-refractivity contribution in [2.75, 3.05) is 13.7 Å². The predicted molar refractivity (Wildman–Crippen MR) is 85.4 cm³/mol. The molecule has 22 heavy (non-hydrogen) atoms. The third-order valence-corrected chi connectivity index (χ3v) is 4.46. The zero-order valence-electron chi connectivity index (χ0n) is 12.4. The number of thiocarbonyl (C=S) groups is 1. The lowest BCUT2D eigenvalue weighted by atomic mass is 9.85.